The summed E-state index contributed by atoms with van der Waals surface area (Å²) in [6.07, 6.45) is 0.594. The maximum Gasteiger partial charge on any atom is 0.272 e. The lowest BCUT2D eigenvalue weighted by Crippen LogP contribution is -2.01. The fourth-order valence-electron chi connectivity index (χ4n) is 1.89. The molecule has 0 aromatic heterocycles. The molecule has 0 radical (unpaired) electrons. The number of benzene rings is 2. The molecule has 0 saturated heterocycles. The van der Waals surface area contributed by atoms with Crippen LogP contribution in [0.4, 0.5) is 5.69 Å². The molecule has 0 amide bonds. The molecule has 0 aliphatic rings. The smallest absolute Gasteiger partial charge is 0.258 e. The summed E-state index contributed by atoms with van der Waals surface area (Å²) >= 11 is 5.91. The number of alkyl halides is 1. The number of nitrogens with zero attached hydrogens (tertiary/aromatic N) is 1. The minimum Gasteiger partial charge on any atom is -0.258 e. The number of hydrogen-bond acceptors (Lipinski definition) is 2. The first kappa shape index (κ1) is 14.5. The van der Waals surface area contributed by atoms with Crippen molar-refractivity contribution in [3.8, 4) is 0 Å². The number of halogens is 2. The van der Waals surface area contributed by atoms with Gasteiger partial charge in [0.25, 0.3) is 5.69 Å². The van der Waals surface area contributed by atoms with Crippen LogP contribution in [0.2, 0.25) is 0 Å². The molecule has 0 N–H and O–H groups in total. The van der Waals surface area contributed by atoms with E-state index in [1.165, 1.54) is 0 Å². The van der Waals surface area contributed by atoms with E-state index in [1.54, 1.807) is 12.1 Å². The minimum atomic E-state index is -0.328. The third-order valence-corrected chi connectivity index (χ3v) is 4.63. The Morgan fingerprint density at radius 1 is 1.16 bits per heavy atom. The van der Waals surface area contributed by atoms with Crippen LogP contribution in [0.15, 0.2) is 48.5 Å². The van der Waals surface area contributed by atoms with Gasteiger partial charge < -0.3 is 0 Å². The topological polar surface area (TPSA) is 43.1 Å². The molecule has 0 aliphatic carbocycles. The van der Waals surface area contributed by atoms with Crippen molar-refractivity contribution in [2.24, 2.45) is 0 Å². The van der Waals surface area contributed by atoms with Crippen molar-refractivity contribution in [3.63, 3.8) is 0 Å². The van der Waals surface area contributed by atoms with Gasteiger partial charge in [-0.05, 0) is 40.6 Å². The van der Waals surface area contributed by atoms with E-state index in [0.29, 0.717) is 6.42 Å². The molecule has 0 heterocycles. The summed E-state index contributed by atoms with van der Waals surface area (Å²) in [5.74, 6) is 0. The molecule has 1 atom stereocenters. The lowest BCUT2D eigenvalue weighted by molar-refractivity contribution is -0.385. The van der Waals surface area contributed by atoms with Gasteiger partial charge in [-0.1, -0.05) is 52.3 Å². The zero-order chi connectivity index (χ0) is 13.8. The highest BCUT2D eigenvalue weighted by atomic mass is 127. The highest BCUT2D eigenvalue weighted by Gasteiger charge is 2.18. The SMILES string of the molecule is O=[N+]([O-])c1ccccc1CC(Br)c1ccccc1I. The van der Waals surface area contributed by atoms with Crippen LogP contribution in [0.3, 0.4) is 0 Å². The van der Waals surface area contributed by atoms with Crippen LogP contribution in [-0.4, -0.2) is 4.92 Å². The van der Waals surface area contributed by atoms with E-state index in [2.05, 4.69) is 38.5 Å². The third kappa shape index (κ3) is 3.54. The summed E-state index contributed by atoms with van der Waals surface area (Å²) in [5.41, 5.74) is 2.08. The van der Waals surface area contributed by atoms with E-state index < -0.39 is 0 Å². The molecular weight excluding hydrogens is 421 g/mol. The molecule has 2 aromatic rings. The summed E-state index contributed by atoms with van der Waals surface area (Å²) in [6, 6.07) is 14.9. The van der Waals surface area contributed by atoms with Crippen LogP contribution in [0.1, 0.15) is 16.0 Å². The molecule has 3 nitrogen and oxygen atoms in total. The monoisotopic (exact) mass is 431 g/mol. The van der Waals surface area contributed by atoms with Gasteiger partial charge in [-0.15, -0.1) is 0 Å². The molecule has 0 aliphatic heterocycles. The second-order valence-corrected chi connectivity index (χ2v) is 6.35. The number of nitro benzene ring substituents is 1. The van der Waals surface area contributed by atoms with Gasteiger partial charge in [0.15, 0.2) is 0 Å². The summed E-state index contributed by atoms with van der Waals surface area (Å²) in [5, 5.41) is 11.0. The van der Waals surface area contributed by atoms with Gasteiger partial charge in [0.05, 0.1) is 4.92 Å². The fourth-order valence-corrected chi connectivity index (χ4v) is 3.83. The third-order valence-electron chi connectivity index (χ3n) is 2.83. The van der Waals surface area contributed by atoms with Gasteiger partial charge in [-0.25, -0.2) is 0 Å². The molecule has 2 rings (SSSR count). The lowest BCUT2D eigenvalue weighted by Gasteiger charge is -2.12. The van der Waals surface area contributed by atoms with E-state index in [9.17, 15) is 10.1 Å². The van der Waals surface area contributed by atoms with Crippen LogP contribution in [-0.2, 0) is 6.42 Å². The summed E-state index contributed by atoms with van der Waals surface area (Å²) < 4.78 is 1.15. The maximum absolute atomic E-state index is 11.0. The standard InChI is InChI=1S/C14H11BrINO2/c15-12(11-6-2-3-7-13(11)16)9-10-5-1-4-8-14(10)17(18)19/h1-8,12H,9H2. The zero-order valence-corrected chi connectivity index (χ0v) is 13.7. The zero-order valence-electron chi connectivity index (χ0n) is 9.92. The predicted molar refractivity (Wildman–Crippen MR) is 87.6 cm³/mol. The van der Waals surface area contributed by atoms with E-state index >= 15 is 0 Å². The van der Waals surface area contributed by atoms with Crippen molar-refractivity contribution in [1.82, 2.24) is 0 Å². The second kappa shape index (κ2) is 6.47. The molecule has 1 unspecified atom stereocenters. The van der Waals surface area contributed by atoms with Crippen LogP contribution in [0.5, 0.6) is 0 Å². The van der Waals surface area contributed by atoms with Crippen molar-refractivity contribution in [3.05, 3.63) is 73.3 Å². The van der Waals surface area contributed by atoms with E-state index in [0.717, 1.165) is 14.7 Å². The Hall–Kier alpha value is -0.950. The number of rotatable bonds is 4. The minimum absolute atomic E-state index is 0.0710. The molecular formula is C14H11BrINO2. The number of para-hydroxylation sites is 1. The molecule has 0 fully saturated rings. The Morgan fingerprint density at radius 2 is 1.79 bits per heavy atom. The van der Waals surface area contributed by atoms with E-state index in [-0.39, 0.29) is 15.4 Å². The molecule has 0 bridgehead atoms. The van der Waals surface area contributed by atoms with Gasteiger partial charge in [-0.3, -0.25) is 10.1 Å². The Morgan fingerprint density at radius 3 is 2.47 bits per heavy atom. The number of nitro groups is 1. The quantitative estimate of drug-likeness (QED) is 0.299. The van der Waals surface area contributed by atoms with Crippen LogP contribution >= 0.6 is 38.5 Å². The largest absolute Gasteiger partial charge is 0.272 e. The van der Waals surface area contributed by atoms with Gasteiger partial charge in [0, 0.05) is 20.0 Å². The maximum atomic E-state index is 11.0. The highest BCUT2D eigenvalue weighted by Crippen LogP contribution is 2.32. The van der Waals surface area contributed by atoms with Gasteiger partial charge in [0.1, 0.15) is 0 Å². The Bertz CT molecular complexity index is 604. The van der Waals surface area contributed by atoms with Crippen molar-refractivity contribution in [2.45, 2.75) is 11.2 Å². The molecule has 0 saturated carbocycles. The van der Waals surface area contributed by atoms with Gasteiger partial charge in [0.2, 0.25) is 0 Å². The van der Waals surface area contributed by atoms with Crippen molar-refractivity contribution >= 4 is 44.2 Å². The predicted octanol–water partition coefficient (Wildman–Crippen LogP) is 4.88. The lowest BCUT2D eigenvalue weighted by atomic mass is 10.0. The van der Waals surface area contributed by atoms with Crippen LogP contribution in [0, 0.1) is 13.7 Å². The van der Waals surface area contributed by atoms with Crippen LogP contribution < -0.4 is 0 Å². The Balaban J connectivity index is 2.27. The van der Waals surface area contributed by atoms with Crippen molar-refractivity contribution in [2.75, 3.05) is 0 Å². The Labute approximate surface area is 133 Å². The Kier molecular flexibility index (Phi) is 4.93. The van der Waals surface area contributed by atoms with E-state index in [4.69, 9.17) is 0 Å². The second-order valence-electron chi connectivity index (χ2n) is 4.08. The first-order valence-electron chi connectivity index (χ1n) is 5.70. The summed E-state index contributed by atoms with van der Waals surface area (Å²) in [4.78, 5) is 10.7. The molecule has 2 aromatic carbocycles. The van der Waals surface area contributed by atoms with Crippen LogP contribution in [0.25, 0.3) is 0 Å². The summed E-state index contributed by atoms with van der Waals surface area (Å²) in [6.45, 7) is 0. The average molecular weight is 432 g/mol. The van der Waals surface area contributed by atoms with E-state index in [1.807, 2.05) is 36.4 Å². The molecule has 0 spiro atoms. The number of hydrogen-bond donors (Lipinski definition) is 0. The first-order valence-corrected chi connectivity index (χ1v) is 7.70. The highest BCUT2D eigenvalue weighted by molar-refractivity contribution is 14.1. The average Bonchev–Trinajstić information content (AvgIpc) is 2.39. The van der Waals surface area contributed by atoms with Crippen molar-refractivity contribution < 1.29 is 4.92 Å². The normalized spacial score (nSPS) is 12.1. The molecule has 98 valence electrons. The summed E-state index contributed by atoms with van der Waals surface area (Å²) in [7, 11) is 0. The fraction of sp³-hybridized carbons (Fsp3) is 0.143. The first-order chi connectivity index (χ1) is 9.09. The van der Waals surface area contributed by atoms with Gasteiger partial charge >= 0.3 is 0 Å². The van der Waals surface area contributed by atoms with Crippen molar-refractivity contribution in [1.29, 1.82) is 0 Å². The van der Waals surface area contributed by atoms with Gasteiger partial charge in [-0.2, -0.15) is 0 Å². The molecule has 19 heavy (non-hydrogen) atoms. The molecule has 5 heteroatoms.